The van der Waals surface area contributed by atoms with Gasteiger partial charge in [-0.3, -0.25) is 4.79 Å². The molecule has 0 amide bonds. The second-order valence-corrected chi connectivity index (χ2v) is 2.61. The van der Waals surface area contributed by atoms with Gasteiger partial charge < -0.3 is 9.47 Å². The first-order valence-electron chi connectivity index (χ1n) is 3.89. The highest BCUT2D eigenvalue weighted by atomic mass is 16.6. The lowest BCUT2D eigenvalue weighted by molar-refractivity contribution is -0.172. The van der Waals surface area contributed by atoms with E-state index in [0.717, 1.165) is 12.8 Å². The number of rotatable bonds is 4. The summed E-state index contributed by atoms with van der Waals surface area (Å²) in [6, 6.07) is 0. The average Bonchev–Trinajstić information content (AvgIpc) is 1.93. The molecule has 0 unspecified atom stereocenters. The fourth-order valence-electron chi connectivity index (χ4n) is 0.796. The van der Waals surface area contributed by atoms with Crippen molar-refractivity contribution in [2.45, 2.75) is 25.4 Å². The van der Waals surface area contributed by atoms with Crippen LogP contribution in [0, 0.1) is 6.92 Å². The SMILES string of the molecule is [CH2]CCCC(=O)OC1COC1. The fraction of sp³-hybridized carbons (Fsp3) is 0.750. The van der Waals surface area contributed by atoms with E-state index in [1.54, 1.807) is 0 Å². The molecule has 0 aromatic heterocycles. The van der Waals surface area contributed by atoms with Crippen molar-refractivity contribution in [1.82, 2.24) is 0 Å². The molecular formula is C8H13O3. The standard InChI is InChI=1S/C8H13O3/c1-2-3-4-8(9)11-7-5-10-6-7/h7H,1-6H2. The molecule has 11 heavy (non-hydrogen) atoms. The Morgan fingerprint density at radius 2 is 2.36 bits per heavy atom. The third-order valence-corrected chi connectivity index (χ3v) is 1.54. The van der Waals surface area contributed by atoms with Crippen LogP contribution in [0.4, 0.5) is 0 Å². The van der Waals surface area contributed by atoms with Crippen LogP contribution in [0.25, 0.3) is 0 Å². The van der Waals surface area contributed by atoms with Crippen LogP contribution in [-0.4, -0.2) is 25.3 Å². The molecule has 3 heteroatoms. The normalized spacial score (nSPS) is 17.5. The van der Waals surface area contributed by atoms with E-state index >= 15 is 0 Å². The van der Waals surface area contributed by atoms with Crippen molar-refractivity contribution in [2.24, 2.45) is 0 Å². The molecule has 0 N–H and O–H groups in total. The number of hydrogen-bond acceptors (Lipinski definition) is 3. The molecule has 3 nitrogen and oxygen atoms in total. The molecule has 1 aliphatic rings. The van der Waals surface area contributed by atoms with Crippen LogP contribution >= 0.6 is 0 Å². The number of carbonyl (C=O) groups is 1. The Hall–Kier alpha value is -0.570. The van der Waals surface area contributed by atoms with Crippen molar-refractivity contribution in [3.63, 3.8) is 0 Å². The Labute approximate surface area is 66.7 Å². The number of carbonyl (C=O) groups excluding carboxylic acids is 1. The van der Waals surface area contributed by atoms with Gasteiger partial charge in [0, 0.05) is 6.42 Å². The summed E-state index contributed by atoms with van der Waals surface area (Å²) < 4.78 is 9.85. The van der Waals surface area contributed by atoms with Gasteiger partial charge in [-0.25, -0.2) is 0 Å². The Bertz CT molecular complexity index is 129. The highest BCUT2D eigenvalue weighted by Gasteiger charge is 2.21. The Kier molecular flexibility index (Phi) is 3.36. The van der Waals surface area contributed by atoms with Gasteiger partial charge in [0.1, 0.15) is 6.10 Å². The first-order chi connectivity index (χ1) is 5.33. The quantitative estimate of drug-likeness (QED) is 0.569. The predicted molar refractivity (Wildman–Crippen MR) is 39.9 cm³/mol. The van der Waals surface area contributed by atoms with Crippen LogP contribution < -0.4 is 0 Å². The molecule has 0 spiro atoms. The monoisotopic (exact) mass is 157 g/mol. The molecule has 1 radical (unpaired) electrons. The van der Waals surface area contributed by atoms with Gasteiger partial charge in [0.25, 0.3) is 0 Å². The van der Waals surface area contributed by atoms with E-state index in [0.29, 0.717) is 19.6 Å². The highest BCUT2D eigenvalue weighted by molar-refractivity contribution is 5.69. The van der Waals surface area contributed by atoms with Crippen molar-refractivity contribution in [1.29, 1.82) is 0 Å². The van der Waals surface area contributed by atoms with Crippen LogP contribution in [0.3, 0.4) is 0 Å². The molecule has 1 aliphatic heterocycles. The predicted octanol–water partition coefficient (Wildman–Crippen LogP) is 0.933. The third-order valence-electron chi connectivity index (χ3n) is 1.54. The molecule has 0 aliphatic carbocycles. The molecule has 0 atom stereocenters. The van der Waals surface area contributed by atoms with E-state index < -0.39 is 0 Å². The van der Waals surface area contributed by atoms with Gasteiger partial charge in [0.2, 0.25) is 0 Å². The van der Waals surface area contributed by atoms with E-state index in [-0.39, 0.29) is 12.1 Å². The van der Waals surface area contributed by atoms with Gasteiger partial charge in [-0.1, -0.05) is 13.3 Å². The Balaban J connectivity index is 2.00. The maximum Gasteiger partial charge on any atom is 0.306 e. The van der Waals surface area contributed by atoms with Crippen LogP contribution in [-0.2, 0) is 14.3 Å². The molecule has 0 aromatic rings. The number of esters is 1. The number of ether oxygens (including phenoxy) is 2. The van der Waals surface area contributed by atoms with Crippen LogP contribution in [0.15, 0.2) is 0 Å². The van der Waals surface area contributed by atoms with Gasteiger partial charge in [0.05, 0.1) is 13.2 Å². The van der Waals surface area contributed by atoms with Gasteiger partial charge >= 0.3 is 5.97 Å². The molecule has 0 bridgehead atoms. The largest absolute Gasteiger partial charge is 0.457 e. The molecule has 63 valence electrons. The summed E-state index contributed by atoms with van der Waals surface area (Å²) in [6.45, 7) is 4.77. The van der Waals surface area contributed by atoms with E-state index in [9.17, 15) is 4.79 Å². The van der Waals surface area contributed by atoms with Crippen molar-refractivity contribution in [3.8, 4) is 0 Å². The first kappa shape index (κ1) is 8.53. The topological polar surface area (TPSA) is 35.5 Å². The van der Waals surface area contributed by atoms with Crippen molar-refractivity contribution >= 4 is 5.97 Å². The first-order valence-corrected chi connectivity index (χ1v) is 3.89. The highest BCUT2D eigenvalue weighted by Crippen LogP contribution is 2.07. The van der Waals surface area contributed by atoms with E-state index in [1.165, 1.54) is 0 Å². The van der Waals surface area contributed by atoms with Crippen molar-refractivity contribution in [3.05, 3.63) is 6.92 Å². The summed E-state index contributed by atoms with van der Waals surface area (Å²) >= 11 is 0. The summed E-state index contributed by atoms with van der Waals surface area (Å²) in [7, 11) is 0. The van der Waals surface area contributed by atoms with Gasteiger partial charge in [-0.2, -0.15) is 0 Å². The van der Waals surface area contributed by atoms with Crippen molar-refractivity contribution < 1.29 is 14.3 Å². The van der Waals surface area contributed by atoms with Gasteiger partial charge in [0.15, 0.2) is 0 Å². The van der Waals surface area contributed by atoms with E-state index in [1.807, 2.05) is 0 Å². The molecule has 1 heterocycles. The second-order valence-electron chi connectivity index (χ2n) is 2.61. The second kappa shape index (κ2) is 4.34. The number of unbranched alkanes of at least 4 members (excludes halogenated alkanes) is 1. The van der Waals surface area contributed by atoms with Crippen LogP contribution in [0.2, 0.25) is 0 Å². The molecule has 1 rings (SSSR count). The fourth-order valence-corrected chi connectivity index (χ4v) is 0.796. The van der Waals surface area contributed by atoms with Crippen LogP contribution in [0.1, 0.15) is 19.3 Å². The summed E-state index contributed by atoms with van der Waals surface area (Å²) in [5.41, 5.74) is 0. The van der Waals surface area contributed by atoms with Crippen LogP contribution in [0.5, 0.6) is 0 Å². The summed E-state index contributed by atoms with van der Waals surface area (Å²) in [4.78, 5) is 10.9. The zero-order valence-corrected chi connectivity index (χ0v) is 6.54. The summed E-state index contributed by atoms with van der Waals surface area (Å²) in [6.07, 6.45) is 2.11. The van der Waals surface area contributed by atoms with Crippen molar-refractivity contribution in [2.75, 3.05) is 13.2 Å². The molecule has 0 saturated carbocycles. The minimum absolute atomic E-state index is 0.0207. The van der Waals surface area contributed by atoms with E-state index in [2.05, 4.69) is 6.92 Å². The third kappa shape index (κ3) is 2.89. The minimum Gasteiger partial charge on any atom is -0.457 e. The zero-order valence-electron chi connectivity index (χ0n) is 6.54. The molecule has 1 saturated heterocycles. The molecular weight excluding hydrogens is 144 g/mol. The summed E-state index contributed by atoms with van der Waals surface area (Å²) in [5, 5.41) is 0. The lowest BCUT2D eigenvalue weighted by Gasteiger charge is -2.25. The average molecular weight is 157 g/mol. The molecule has 1 fully saturated rings. The Morgan fingerprint density at radius 3 is 2.82 bits per heavy atom. The minimum atomic E-state index is -0.123. The van der Waals surface area contributed by atoms with Gasteiger partial charge in [-0.15, -0.1) is 0 Å². The summed E-state index contributed by atoms with van der Waals surface area (Å²) in [5.74, 6) is -0.123. The van der Waals surface area contributed by atoms with E-state index in [4.69, 9.17) is 9.47 Å². The zero-order chi connectivity index (χ0) is 8.10. The maximum atomic E-state index is 10.9. The Morgan fingerprint density at radius 1 is 1.64 bits per heavy atom. The molecule has 0 aromatic carbocycles. The lowest BCUT2D eigenvalue weighted by Crippen LogP contribution is -2.37. The van der Waals surface area contributed by atoms with Gasteiger partial charge in [-0.05, 0) is 6.42 Å². The maximum absolute atomic E-state index is 10.9. The smallest absolute Gasteiger partial charge is 0.306 e. The lowest BCUT2D eigenvalue weighted by atomic mass is 10.2. The number of hydrogen-bond donors (Lipinski definition) is 0.